The number of ether oxygens (including phenoxy) is 2. The molecule has 0 aromatic carbocycles. The molecule has 6 unspecified atom stereocenters. The van der Waals surface area contributed by atoms with Crippen molar-refractivity contribution in [1.29, 1.82) is 0 Å². The van der Waals surface area contributed by atoms with Crippen molar-refractivity contribution in [3.8, 4) is 0 Å². The molecule has 0 aromatic rings. The van der Waals surface area contributed by atoms with E-state index in [9.17, 15) is 33.9 Å². The second-order valence-corrected chi connectivity index (χ2v) is 10.9. The van der Waals surface area contributed by atoms with Crippen LogP contribution in [-0.2, 0) is 38.2 Å². The van der Waals surface area contributed by atoms with Crippen LogP contribution in [0, 0.1) is 11.8 Å². The van der Waals surface area contributed by atoms with Crippen molar-refractivity contribution >= 4 is 36.1 Å². The Labute approximate surface area is 290 Å². The van der Waals surface area contributed by atoms with Crippen molar-refractivity contribution in [3.63, 3.8) is 0 Å². The first kappa shape index (κ1) is 51.6. The number of aliphatic carboxylic acids is 1. The van der Waals surface area contributed by atoms with Gasteiger partial charge in [-0.1, -0.05) is 81.1 Å². The molecule has 0 aromatic heterocycles. The number of rotatable bonds is 23. The van der Waals surface area contributed by atoms with Gasteiger partial charge in [0.05, 0.1) is 13.2 Å². The Balaban J connectivity index is -0.000000538. The minimum atomic E-state index is -1.27. The number of nitrogens with two attached hydrogens (primary N) is 1. The lowest BCUT2D eigenvalue weighted by Crippen LogP contribution is -2.49. The van der Waals surface area contributed by atoms with Gasteiger partial charge in [0.15, 0.2) is 0 Å². The maximum atomic E-state index is 12.3. The number of nitrogens with one attached hydrogen (secondary N) is 3. The van der Waals surface area contributed by atoms with Gasteiger partial charge >= 0.3 is 17.9 Å². The summed E-state index contributed by atoms with van der Waals surface area (Å²) in [6.07, 6.45) is 7.33. The largest absolute Gasteiger partial charge is 0.480 e. The lowest BCUT2D eigenvalue weighted by atomic mass is 9.89. The molecule has 0 radical (unpaired) electrons. The van der Waals surface area contributed by atoms with Crippen LogP contribution in [0.4, 0.5) is 0 Å². The Kier molecular flexibility index (Phi) is 37.7. The molecule has 6 atom stereocenters. The van der Waals surface area contributed by atoms with Crippen LogP contribution in [-0.4, -0.2) is 78.6 Å². The summed E-state index contributed by atoms with van der Waals surface area (Å²) in [5.41, 5.74) is 5.67. The van der Waals surface area contributed by atoms with Crippen LogP contribution in [0.3, 0.4) is 0 Å². The maximum Gasteiger partial charge on any atom is 0.328 e. The number of carboxylic acids is 1. The molecule has 13 heteroatoms. The van der Waals surface area contributed by atoms with E-state index < -0.39 is 53.9 Å². The normalized spacial score (nSPS) is 13.7. The second kappa shape index (κ2) is 35.1. The molecule has 0 aliphatic rings. The minimum Gasteiger partial charge on any atom is -0.480 e. The minimum absolute atomic E-state index is 0.0289. The number of esters is 2. The first-order valence-electron chi connectivity index (χ1n) is 17.9. The standard InChI is InChI=1S/C20H34N4O9.C11H24.2C2H6/c1-4-32-19(30)13(21)7-6-8-14(18(28)29)23-16(26)10-9-15(20(31)33-5-2)24-17(27)12(3)22-11-25;1-5-8-11(7-3)9-10(4)6-2;2*1-2/h11-15H,4-10,21H2,1-3H3,(H,22,25)(H,23,26)(H,24,27)(H,28,29);10-11H,5-9H2,1-4H3;2*1-2H3. The van der Waals surface area contributed by atoms with Crippen molar-refractivity contribution in [3.05, 3.63) is 0 Å². The molecule has 0 aliphatic carbocycles. The van der Waals surface area contributed by atoms with Gasteiger partial charge in [-0.3, -0.25) is 19.2 Å². The smallest absolute Gasteiger partial charge is 0.328 e. The summed E-state index contributed by atoms with van der Waals surface area (Å²) in [7, 11) is 0. The topological polar surface area (TPSA) is 203 Å². The van der Waals surface area contributed by atoms with Gasteiger partial charge in [0.2, 0.25) is 18.2 Å². The molecule has 284 valence electrons. The van der Waals surface area contributed by atoms with Crippen LogP contribution < -0.4 is 21.7 Å². The van der Waals surface area contributed by atoms with E-state index in [2.05, 4.69) is 43.6 Å². The van der Waals surface area contributed by atoms with Gasteiger partial charge in [-0.15, -0.1) is 0 Å². The maximum absolute atomic E-state index is 12.3. The van der Waals surface area contributed by atoms with E-state index >= 15 is 0 Å². The summed E-state index contributed by atoms with van der Waals surface area (Å²) >= 11 is 0. The van der Waals surface area contributed by atoms with Crippen LogP contribution in [0.15, 0.2) is 0 Å². The quantitative estimate of drug-likeness (QED) is 0.0726. The molecule has 0 bridgehead atoms. The van der Waals surface area contributed by atoms with Gasteiger partial charge in [0, 0.05) is 6.42 Å². The van der Waals surface area contributed by atoms with Crippen molar-refractivity contribution in [2.24, 2.45) is 17.6 Å². The summed E-state index contributed by atoms with van der Waals surface area (Å²) in [6.45, 7) is 22.1. The SMILES string of the molecule is CC.CC.CCCC(CC)CC(C)CC.CCOC(=O)C(N)CCCC(NC(=O)CCC(NC(=O)C(C)NC=O)C(=O)OCC)C(=O)O. The molecule has 48 heavy (non-hydrogen) atoms. The lowest BCUT2D eigenvalue weighted by molar-refractivity contribution is -0.148. The fourth-order valence-electron chi connectivity index (χ4n) is 4.31. The molecule has 3 amide bonds. The molecule has 0 aliphatic heterocycles. The Bertz CT molecular complexity index is 858. The molecule has 0 spiro atoms. The highest BCUT2D eigenvalue weighted by Crippen LogP contribution is 2.21. The molecule has 0 rings (SSSR count). The third-order valence-electron chi connectivity index (χ3n) is 7.20. The van der Waals surface area contributed by atoms with Crippen LogP contribution >= 0.6 is 0 Å². The van der Waals surface area contributed by atoms with E-state index in [1.807, 2.05) is 27.7 Å². The van der Waals surface area contributed by atoms with Gasteiger partial charge in [-0.25, -0.2) is 9.59 Å². The molecule has 0 heterocycles. The molecular weight excluding hydrogens is 620 g/mol. The highest BCUT2D eigenvalue weighted by Gasteiger charge is 2.27. The first-order valence-corrected chi connectivity index (χ1v) is 17.9. The Morgan fingerprint density at radius 2 is 1.33 bits per heavy atom. The van der Waals surface area contributed by atoms with Crippen molar-refractivity contribution < 1.29 is 43.3 Å². The van der Waals surface area contributed by atoms with Crippen molar-refractivity contribution in [2.75, 3.05) is 13.2 Å². The van der Waals surface area contributed by atoms with Gasteiger partial charge in [-0.05, 0) is 64.7 Å². The number of hydrogen-bond acceptors (Lipinski definition) is 9. The van der Waals surface area contributed by atoms with Crippen LogP contribution in [0.25, 0.3) is 0 Å². The summed E-state index contributed by atoms with van der Waals surface area (Å²) in [5.74, 6) is -1.99. The number of carbonyl (C=O) groups is 6. The second-order valence-electron chi connectivity index (χ2n) is 10.9. The molecule has 0 fully saturated rings. The van der Waals surface area contributed by atoms with Crippen LogP contribution in [0.2, 0.25) is 0 Å². The van der Waals surface area contributed by atoms with Gasteiger partial charge in [0.25, 0.3) is 0 Å². The summed E-state index contributed by atoms with van der Waals surface area (Å²) < 4.78 is 9.67. The van der Waals surface area contributed by atoms with Crippen LogP contribution in [0.1, 0.15) is 140 Å². The van der Waals surface area contributed by atoms with Gasteiger partial charge in [0.1, 0.15) is 24.2 Å². The fraction of sp³-hybridized carbons (Fsp3) is 0.829. The zero-order chi connectivity index (χ0) is 38.1. The number of amides is 3. The van der Waals surface area contributed by atoms with E-state index in [1.54, 1.807) is 13.8 Å². The fourth-order valence-corrected chi connectivity index (χ4v) is 4.31. The van der Waals surface area contributed by atoms with Crippen molar-refractivity contribution in [1.82, 2.24) is 16.0 Å². The van der Waals surface area contributed by atoms with E-state index in [1.165, 1.54) is 39.0 Å². The number of hydrogen-bond donors (Lipinski definition) is 5. The predicted octanol–water partition coefficient (Wildman–Crippen LogP) is 4.88. The zero-order valence-corrected chi connectivity index (χ0v) is 31.8. The zero-order valence-electron chi connectivity index (χ0n) is 31.8. The highest BCUT2D eigenvalue weighted by molar-refractivity contribution is 5.89. The van der Waals surface area contributed by atoms with E-state index in [-0.39, 0.29) is 45.3 Å². The Morgan fingerprint density at radius 3 is 1.79 bits per heavy atom. The third-order valence-corrected chi connectivity index (χ3v) is 7.20. The van der Waals surface area contributed by atoms with Crippen LogP contribution in [0.5, 0.6) is 0 Å². The third kappa shape index (κ3) is 27.9. The molecule has 6 N–H and O–H groups in total. The summed E-state index contributed by atoms with van der Waals surface area (Å²) in [4.78, 5) is 69.9. The highest BCUT2D eigenvalue weighted by atomic mass is 16.5. The van der Waals surface area contributed by atoms with Gasteiger partial charge in [-0.2, -0.15) is 0 Å². The molecule has 0 saturated carbocycles. The van der Waals surface area contributed by atoms with E-state index in [0.29, 0.717) is 6.41 Å². The van der Waals surface area contributed by atoms with Gasteiger partial charge < -0.3 is 36.3 Å². The average Bonchev–Trinajstić information content (AvgIpc) is 3.07. The first-order chi connectivity index (χ1) is 22.8. The average molecular weight is 691 g/mol. The predicted molar refractivity (Wildman–Crippen MR) is 190 cm³/mol. The molecule has 0 saturated heterocycles. The van der Waals surface area contributed by atoms with Crippen molar-refractivity contribution in [2.45, 2.75) is 165 Å². The number of carboxylic acid groups (broad SMARTS) is 1. The summed E-state index contributed by atoms with van der Waals surface area (Å²) in [5, 5.41) is 16.3. The number of carbonyl (C=O) groups excluding carboxylic acids is 5. The Hall–Kier alpha value is -3.22. The Morgan fingerprint density at radius 1 is 0.771 bits per heavy atom. The lowest BCUT2D eigenvalue weighted by Gasteiger charge is -2.20. The van der Waals surface area contributed by atoms with E-state index in [4.69, 9.17) is 15.2 Å². The molecule has 13 nitrogen and oxygen atoms in total. The summed E-state index contributed by atoms with van der Waals surface area (Å²) in [6, 6.07) is -4.19. The van der Waals surface area contributed by atoms with E-state index in [0.717, 1.165) is 11.8 Å². The monoisotopic (exact) mass is 691 g/mol. The molecular formula is C35H70N4O9.